The van der Waals surface area contributed by atoms with Gasteiger partial charge in [-0.05, 0) is 25.1 Å². The van der Waals surface area contributed by atoms with Gasteiger partial charge in [-0.15, -0.1) is 0 Å². The Morgan fingerprint density at radius 2 is 2.00 bits per heavy atom. The molecule has 0 spiro atoms. The summed E-state index contributed by atoms with van der Waals surface area (Å²) in [6.07, 6.45) is -0.662. The molecule has 2 aromatic carbocycles. The van der Waals surface area contributed by atoms with E-state index < -0.39 is 22.8 Å². The molecule has 0 fully saturated rings. The Kier molecular flexibility index (Phi) is 5.24. The highest BCUT2D eigenvalue weighted by Crippen LogP contribution is 2.19. The molecule has 0 radical (unpaired) electrons. The largest absolute Gasteiger partial charge is 0.490 e. The van der Waals surface area contributed by atoms with Crippen LogP contribution in [0.25, 0.3) is 0 Å². The zero-order chi connectivity index (χ0) is 16.8. The van der Waals surface area contributed by atoms with Gasteiger partial charge < -0.3 is 9.47 Å². The number of halogens is 1. The molecule has 0 aliphatic rings. The third kappa shape index (κ3) is 4.50. The van der Waals surface area contributed by atoms with E-state index in [9.17, 15) is 19.3 Å². The van der Waals surface area contributed by atoms with Crippen molar-refractivity contribution >= 4 is 11.7 Å². The second-order valence-corrected chi connectivity index (χ2v) is 4.76. The first kappa shape index (κ1) is 16.4. The number of nitro groups is 1. The summed E-state index contributed by atoms with van der Waals surface area (Å²) in [6.45, 7) is 1.57. The van der Waals surface area contributed by atoms with E-state index in [-0.39, 0.29) is 17.9 Å². The molecule has 0 N–H and O–H groups in total. The highest BCUT2D eigenvalue weighted by molar-refractivity contribution is 5.93. The molecule has 0 aliphatic carbocycles. The summed E-state index contributed by atoms with van der Waals surface area (Å²) >= 11 is 0. The molecule has 0 heterocycles. The van der Waals surface area contributed by atoms with E-state index in [0.717, 1.165) is 0 Å². The van der Waals surface area contributed by atoms with E-state index >= 15 is 0 Å². The van der Waals surface area contributed by atoms with Gasteiger partial charge in [-0.25, -0.2) is 9.18 Å². The third-order valence-corrected chi connectivity index (χ3v) is 2.91. The van der Waals surface area contributed by atoms with E-state index in [2.05, 4.69) is 0 Å². The molecule has 7 heteroatoms. The fraction of sp³-hybridized carbons (Fsp3) is 0.188. The average molecular weight is 319 g/mol. The summed E-state index contributed by atoms with van der Waals surface area (Å²) < 4.78 is 23.4. The van der Waals surface area contributed by atoms with Crippen molar-refractivity contribution in [1.82, 2.24) is 0 Å². The second kappa shape index (κ2) is 7.35. The minimum absolute atomic E-state index is 0.00414. The van der Waals surface area contributed by atoms with Crippen molar-refractivity contribution in [3.8, 4) is 5.75 Å². The molecule has 2 aromatic rings. The molecule has 0 aromatic heterocycles. The number of rotatable bonds is 6. The van der Waals surface area contributed by atoms with Crippen molar-refractivity contribution in [3.63, 3.8) is 0 Å². The van der Waals surface area contributed by atoms with Crippen LogP contribution in [0.1, 0.15) is 17.3 Å². The maximum Gasteiger partial charge on any atom is 0.345 e. The molecule has 2 rings (SSSR count). The van der Waals surface area contributed by atoms with Gasteiger partial charge in [-0.1, -0.05) is 18.2 Å². The number of esters is 1. The number of hydrogen-bond acceptors (Lipinski definition) is 5. The van der Waals surface area contributed by atoms with Crippen LogP contribution in [-0.2, 0) is 4.74 Å². The Hall–Kier alpha value is -2.96. The molecule has 1 atom stereocenters. The zero-order valence-electron chi connectivity index (χ0n) is 12.3. The zero-order valence-corrected chi connectivity index (χ0v) is 12.3. The smallest absolute Gasteiger partial charge is 0.345 e. The predicted molar refractivity (Wildman–Crippen MR) is 79.9 cm³/mol. The van der Waals surface area contributed by atoms with E-state index in [1.165, 1.54) is 42.5 Å². The van der Waals surface area contributed by atoms with Crippen LogP contribution in [0.2, 0.25) is 0 Å². The highest BCUT2D eigenvalue weighted by atomic mass is 19.1. The van der Waals surface area contributed by atoms with Crippen molar-refractivity contribution in [1.29, 1.82) is 0 Å². The lowest BCUT2D eigenvalue weighted by molar-refractivity contribution is -0.385. The number of hydrogen-bond donors (Lipinski definition) is 0. The van der Waals surface area contributed by atoms with Crippen LogP contribution in [0.15, 0.2) is 48.5 Å². The molecule has 0 saturated carbocycles. The molecule has 0 aliphatic heterocycles. The topological polar surface area (TPSA) is 78.7 Å². The van der Waals surface area contributed by atoms with Crippen molar-refractivity contribution in [2.75, 3.05) is 6.61 Å². The Bertz CT molecular complexity index is 719. The lowest BCUT2D eigenvalue weighted by Crippen LogP contribution is -2.22. The standard InChI is InChI=1S/C16H14FNO5/c1-11(10-22-13-6-4-5-12(17)9-13)23-16(19)14-7-2-3-8-15(14)18(20)21/h2-9,11H,10H2,1H3. The Balaban J connectivity index is 1.96. The van der Waals surface area contributed by atoms with Crippen LogP contribution in [0.3, 0.4) is 0 Å². The SMILES string of the molecule is CC(COc1cccc(F)c1)OC(=O)c1ccccc1[N+](=O)[O-]. The van der Waals surface area contributed by atoms with Crippen LogP contribution in [-0.4, -0.2) is 23.6 Å². The summed E-state index contributed by atoms with van der Waals surface area (Å²) in [7, 11) is 0. The molecule has 6 nitrogen and oxygen atoms in total. The van der Waals surface area contributed by atoms with Gasteiger partial charge in [0.25, 0.3) is 5.69 Å². The minimum Gasteiger partial charge on any atom is -0.490 e. The number of ether oxygens (including phenoxy) is 2. The van der Waals surface area contributed by atoms with Crippen LogP contribution >= 0.6 is 0 Å². The Morgan fingerprint density at radius 3 is 2.70 bits per heavy atom. The number of carbonyl (C=O) groups is 1. The lowest BCUT2D eigenvalue weighted by atomic mass is 10.2. The van der Waals surface area contributed by atoms with Gasteiger partial charge in [-0.2, -0.15) is 0 Å². The number of carbonyl (C=O) groups excluding carboxylic acids is 1. The summed E-state index contributed by atoms with van der Waals surface area (Å²) in [5.74, 6) is -0.946. The third-order valence-electron chi connectivity index (χ3n) is 2.91. The number of benzene rings is 2. The van der Waals surface area contributed by atoms with Crippen molar-refractivity contribution in [2.24, 2.45) is 0 Å². The van der Waals surface area contributed by atoms with Gasteiger partial charge >= 0.3 is 5.97 Å². The van der Waals surface area contributed by atoms with E-state index in [1.54, 1.807) is 13.0 Å². The maximum absolute atomic E-state index is 13.0. The number of para-hydroxylation sites is 1. The van der Waals surface area contributed by atoms with Crippen LogP contribution in [0.5, 0.6) is 5.75 Å². The number of nitro benzene ring substituents is 1. The first-order valence-corrected chi connectivity index (χ1v) is 6.80. The van der Waals surface area contributed by atoms with Gasteiger partial charge in [0.1, 0.15) is 29.8 Å². The molecular weight excluding hydrogens is 305 g/mol. The highest BCUT2D eigenvalue weighted by Gasteiger charge is 2.22. The minimum atomic E-state index is -0.812. The Labute approximate surface area is 131 Å². The van der Waals surface area contributed by atoms with E-state index in [1.807, 2.05) is 0 Å². The molecule has 0 bridgehead atoms. The molecule has 0 saturated heterocycles. The average Bonchev–Trinajstić information content (AvgIpc) is 2.53. The summed E-state index contributed by atoms with van der Waals surface area (Å²) in [4.78, 5) is 22.2. The van der Waals surface area contributed by atoms with Gasteiger partial charge in [0.15, 0.2) is 0 Å². The predicted octanol–water partition coefficient (Wildman–Crippen LogP) is 3.36. The molecular formula is C16H14FNO5. The monoisotopic (exact) mass is 319 g/mol. The maximum atomic E-state index is 13.0. The molecule has 0 amide bonds. The summed E-state index contributed by atoms with van der Waals surface area (Å²) in [5, 5.41) is 10.9. The lowest BCUT2D eigenvalue weighted by Gasteiger charge is -2.14. The van der Waals surface area contributed by atoms with Gasteiger partial charge in [0.2, 0.25) is 0 Å². The quantitative estimate of drug-likeness (QED) is 0.463. The first-order valence-electron chi connectivity index (χ1n) is 6.80. The van der Waals surface area contributed by atoms with Crippen LogP contribution in [0, 0.1) is 15.9 Å². The second-order valence-electron chi connectivity index (χ2n) is 4.76. The molecule has 120 valence electrons. The molecule has 1 unspecified atom stereocenters. The van der Waals surface area contributed by atoms with E-state index in [4.69, 9.17) is 9.47 Å². The summed E-state index contributed by atoms with van der Waals surface area (Å²) in [6, 6.07) is 11.1. The fourth-order valence-electron chi connectivity index (χ4n) is 1.86. The van der Waals surface area contributed by atoms with Crippen molar-refractivity contribution in [3.05, 3.63) is 70.0 Å². The van der Waals surface area contributed by atoms with Crippen LogP contribution in [0.4, 0.5) is 10.1 Å². The number of nitrogens with zero attached hydrogens (tertiary/aromatic N) is 1. The van der Waals surface area contributed by atoms with Gasteiger partial charge in [-0.3, -0.25) is 10.1 Å². The van der Waals surface area contributed by atoms with Crippen molar-refractivity contribution < 1.29 is 23.6 Å². The fourth-order valence-corrected chi connectivity index (χ4v) is 1.86. The van der Waals surface area contributed by atoms with Gasteiger partial charge in [0.05, 0.1) is 4.92 Å². The normalized spacial score (nSPS) is 11.6. The van der Waals surface area contributed by atoms with Crippen molar-refractivity contribution in [2.45, 2.75) is 13.0 Å². The van der Waals surface area contributed by atoms with Gasteiger partial charge in [0, 0.05) is 12.1 Å². The van der Waals surface area contributed by atoms with Crippen LogP contribution < -0.4 is 4.74 Å². The van der Waals surface area contributed by atoms with E-state index in [0.29, 0.717) is 5.75 Å². The first-order chi connectivity index (χ1) is 11.0. The molecule has 23 heavy (non-hydrogen) atoms. The summed E-state index contributed by atoms with van der Waals surface area (Å²) in [5.41, 5.74) is -0.453. The Morgan fingerprint density at radius 1 is 1.26 bits per heavy atom.